The Labute approximate surface area is 87.4 Å². The summed E-state index contributed by atoms with van der Waals surface area (Å²) < 4.78 is 23.2. The minimum atomic E-state index is -3.98. The average Bonchev–Trinajstić information content (AvgIpc) is 2.17. The van der Waals surface area contributed by atoms with Crippen LogP contribution in [-0.2, 0) is 14.6 Å². The van der Waals surface area contributed by atoms with E-state index in [1.165, 1.54) is 12.1 Å². The van der Waals surface area contributed by atoms with Gasteiger partial charge in [0, 0.05) is 0 Å². The number of sulfone groups is 1. The first-order valence-corrected chi connectivity index (χ1v) is 5.69. The van der Waals surface area contributed by atoms with Gasteiger partial charge < -0.3 is 10.8 Å². The van der Waals surface area contributed by atoms with Crippen molar-refractivity contribution >= 4 is 15.8 Å². The zero-order chi connectivity index (χ0) is 11.6. The van der Waals surface area contributed by atoms with Gasteiger partial charge in [0.05, 0.1) is 4.90 Å². The van der Waals surface area contributed by atoms with Crippen LogP contribution in [0, 0.1) is 6.92 Å². The van der Waals surface area contributed by atoms with E-state index in [0.29, 0.717) is 0 Å². The lowest BCUT2D eigenvalue weighted by atomic mass is 10.2. The minimum absolute atomic E-state index is 0.0806. The Balaban J connectivity index is 3.17. The van der Waals surface area contributed by atoms with Crippen LogP contribution in [0.3, 0.4) is 0 Å². The standard InChI is InChI=1S/C9H11NO4S/c1-6-2-4-7(5-3-6)15(13,14)8(10)9(11)12/h2-5,8H,10H2,1H3,(H,11,12)/t8-/m1/s1. The van der Waals surface area contributed by atoms with E-state index in [0.717, 1.165) is 5.56 Å². The predicted molar refractivity (Wildman–Crippen MR) is 54.0 cm³/mol. The maximum absolute atomic E-state index is 11.6. The highest BCUT2D eigenvalue weighted by molar-refractivity contribution is 7.92. The van der Waals surface area contributed by atoms with Crippen LogP contribution in [0.25, 0.3) is 0 Å². The van der Waals surface area contributed by atoms with Crippen LogP contribution in [-0.4, -0.2) is 24.9 Å². The monoisotopic (exact) mass is 229 g/mol. The summed E-state index contributed by atoms with van der Waals surface area (Å²) in [6.45, 7) is 1.80. The second-order valence-electron chi connectivity index (χ2n) is 3.12. The van der Waals surface area contributed by atoms with Gasteiger partial charge in [0.15, 0.2) is 0 Å². The van der Waals surface area contributed by atoms with Gasteiger partial charge in [-0.1, -0.05) is 17.7 Å². The summed E-state index contributed by atoms with van der Waals surface area (Å²) in [5, 5.41) is 6.61. The molecule has 0 heterocycles. The van der Waals surface area contributed by atoms with Gasteiger partial charge in [0.1, 0.15) is 0 Å². The topological polar surface area (TPSA) is 97.5 Å². The molecule has 15 heavy (non-hydrogen) atoms. The first kappa shape index (κ1) is 11.7. The van der Waals surface area contributed by atoms with Crippen molar-refractivity contribution in [3.8, 4) is 0 Å². The van der Waals surface area contributed by atoms with Crippen LogP contribution < -0.4 is 5.73 Å². The number of aliphatic carboxylic acids is 1. The number of aryl methyl sites for hydroxylation is 1. The molecule has 82 valence electrons. The van der Waals surface area contributed by atoms with Crippen LogP contribution in [0.4, 0.5) is 0 Å². The molecule has 0 bridgehead atoms. The Morgan fingerprint density at radius 1 is 1.33 bits per heavy atom. The lowest BCUT2D eigenvalue weighted by Gasteiger charge is -2.08. The number of nitrogens with two attached hydrogens (primary N) is 1. The molecule has 0 aliphatic rings. The fraction of sp³-hybridized carbons (Fsp3) is 0.222. The molecule has 1 aromatic carbocycles. The zero-order valence-corrected chi connectivity index (χ0v) is 8.86. The van der Waals surface area contributed by atoms with Crippen LogP contribution >= 0.6 is 0 Å². The van der Waals surface area contributed by atoms with Gasteiger partial charge in [-0.15, -0.1) is 0 Å². The van der Waals surface area contributed by atoms with Crippen molar-refractivity contribution in [2.45, 2.75) is 17.2 Å². The third-order valence-corrected chi connectivity index (χ3v) is 3.73. The van der Waals surface area contributed by atoms with E-state index < -0.39 is 21.2 Å². The molecular formula is C9H11NO4S. The summed E-state index contributed by atoms with van der Waals surface area (Å²) in [4.78, 5) is 10.4. The lowest BCUT2D eigenvalue weighted by molar-refractivity contribution is -0.136. The quantitative estimate of drug-likeness (QED) is 0.768. The van der Waals surface area contributed by atoms with Crippen LogP contribution in [0.1, 0.15) is 5.56 Å². The number of hydrogen-bond acceptors (Lipinski definition) is 4. The first-order chi connectivity index (χ1) is 6.85. The molecule has 0 aromatic heterocycles. The molecule has 6 heteroatoms. The molecule has 1 aromatic rings. The Kier molecular flexibility index (Phi) is 3.11. The van der Waals surface area contributed by atoms with E-state index in [1.54, 1.807) is 19.1 Å². The van der Waals surface area contributed by atoms with Crippen molar-refractivity contribution < 1.29 is 18.3 Å². The second kappa shape index (κ2) is 4.00. The maximum atomic E-state index is 11.6. The zero-order valence-electron chi connectivity index (χ0n) is 8.04. The van der Waals surface area contributed by atoms with E-state index in [2.05, 4.69) is 0 Å². The Morgan fingerprint density at radius 3 is 2.20 bits per heavy atom. The van der Waals surface area contributed by atoms with Gasteiger partial charge >= 0.3 is 5.97 Å². The van der Waals surface area contributed by atoms with Crippen LogP contribution in [0.2, 0.25) is 0 Å². The van der Waals surface area contributed by atoms with Crippen molar-refractivity contribution in [3.05, 3.63) is 29.8 Å². The summed E-state index contributed by atoms with van der Waals surface area (Å²) in [6, 6.07) is 5.85. The number of carboxylic acid groups (broad SMARTS) is 1. The summed E-state index contributed by atoms with van der Waals surface area (Å²) in [7, 11) is -3.98. The maximum Gasteiger partial charge on any atom is 0.336 e. The summed E-state index contributed by atoms with van der Waals surface area (Å²) in [5.41, 5.74) is 5.96. The van der Waals surface area contributed by atoms with E-state index in [9.17, 15) is 13.2 Å². The second-order valence-corrected chi connectivity index (χ2v) is 5.19. The molecule has 0 saturated carbocycles. The van der Waals surface area contributed by atoms with Gasteiger partial charge in [0.2, 0.25) is 15.2 Å². The van der Waals surface area contributed by atoms with Crippen molar-refractivity contribution in [3.63, 3.8) is 0 Å². The molecule has 0 spiro atoms. The third kappa shape index (κ3) is 2.34. The van der Waals surface area contributed by atoms with Crippen LogP contribution in [0.15, 0.2) is 29.2 Å². The molecule has 1 rings (SSSR count). The first-order valence-electron chi connectivity index (χ1n) is 4.14. The number of hydrogen-bond donors (Lipinski definition) is 2. The fourth-order valence-corrected chi connectivity index (χ4v) is 2.08. The highest BCUT2D eigenvalue weighted by atomic mass is 32.2. The molecule has 1 atom stereocenters. The Morgan fingerprint density at radius 2 is 1.80 bits per heavy atom. The average molecular weight is 229 g/mol. The SMILES string of the molecule is Cc1ccc(S(=O)(=O)[C@@H](N)C(=O)O)cc1. The van der Waals surface area contributed by atoms with Gasteiger partial charge in [-0.3, -0.25) is 0 Å². The minimum Gasteiger partial charge on any atom is -0.479 e. The summed E-state index contributed by atoms with van der Waals surface area (Å²) >= 11 is 0. The van der Waals surface area contributed by atoms with Gasteiger partial charge in [-0.05, 0) is 19.1 Å². The summed E-state index contributed by atoms with van der Waals surface area (Å²) in [6.07, 6.45) is 0. The van der Waals surface area contributed by atoms with Gasteiger partial charge in [0.25, 0.3) is 0 Å². The molecule has 0 saturated heterocycles. The highest BCUT2D eigenvalue weighted by Gasteiger charge is 2.29. The molecule has 0 aliphatic heterocycles. The number of rotatable bonds is 3. The predicted octanol–water partition coefficient (Wildman–Crippen LogP) is 0.138. The Bertz CT molecular complexity index is 463. The van der Waals surface area contributed by atoms with Crippen molar-refractivity contribution in [1.29, 1.82) is 0 Å². The van der Waals surface area contributed by atoms with Crippen molar-refractivity contribution in [1.82, 2.24) is 0 Å². The van der Waals surface area contributed by atoms with E-state index in [4.69, 9.17) is 10.8 Å². The largest absolute Gasteiger partial charge is 0.479 e. The van der Waals surface area contributed by atoms with Crippen molar-refractivity contribution in [2.75, 3.05) is 0 Å². The van der Waals surface area contributed by atoms with Gasteiger partial charge in [-0.25, -0.2) is 13.2 Å². The smallest absolute Gasteiger partial charge is 0.336 e. The molecule has 0 radical (unpaired) electrons. The molecule has 5 nitrogen and oxygen atoms in total. The molecule has 3 N–H and O–H groups in total. The number of carbonyl (C=O) groups is 1. The molecule has 0 unspecified atom stereocenters. The summed E-state index contributed by atoms with van der Waals surface area (Å²) in [5.74, 6) is -1.56. The van der Waals surface area contributed by atoms with Crippen molar-refractivity contribution in [2.24, 2.45) is 5.73 Å². The lowest BCUT2D eigenvalue weighted by Crippen LogP contribution is -2.38. The fourth-order valence-electron chi connectivity index (χ4n) is 1.01. The van der Waals surface area contributed by atoms with E-state index >= 15 is 0 Å². The van der Waals surface area contributed by atoms with Gasteiger partial charge in [-0.2, -0.15) is 0 Å². The van der Waals surface area contributed by atoms with Crippen LogP contribution in [0.5, 0.6) is 0 Å². The van der Waals surface area contributed by atoms with E-state index in [1.807, 2.05) is 0 Å². The molecular weight excluding hydrogens is 218 g/mol. The third-order valence-electron chi connectivity index (χ3n) is 1.93. The molecule has 0 amide bonds. The molecule has 0 aliphatic carbocycles. The number of carboxylic acids is 1. The normalized spacial score (nSPS) is 13.5. The number of benzene rings is 1. The molecule has 0 fully saturated rings. The highest BCUT2D eigenvalue weighted by Crippen LogP contribution is 2.14. The van der Waals surface area contributed by atoms with E-state index in [-0.39, 0.29) is 4.90 Å². The Hall–Kier alpha value is -1.40.